The Morgan fingerprint density at radius 1 is 1.22 bits per heavy atom. The van der Waals surface area contributed by atoms with Crippen molar-refractivity contribution in [3.63, 3.8) is 0 Å². The molecule has 10 heteroatoms. The molecule has 1 aliphatic heterocycles. The molecule has 0 bridgehead atoms. The fraction of sp³-hybridized carbons (Fsp3) is 0.455. The van der Waals surface area contributed by atoms with Gasteiger partial charge in [-0.1, -0.05) is 32.9 Å². The number of amides is 2. The van der Waals surface area contributed by atoms with Crippen molar-refractivity contribution < 1.29 is 24.6 Å². The molecule has 2 aromatic rings. The summed E-state index contributed by atoms with van der Waals surface area (Å²) in [5.41, 5.74) is 15.0. The zero-order chi connectivity index (χ0) is 24.2. The predicted octanol–water partition coefficient (Wildman–Crippen LogP) is 1.62. The largest absolute Gasteiger partial charge is 0.480 e. The summed E-state index contributed by atoms with van der Waals surface area (Å²) in [4.78, 5) is 40.4. The van der Waals surface area contributed by atoms with Gasteiger partial charge in [-0.2, -0.15) is 0 Å². The monoisotopic (exact) mass is 462 g/mol. The second-order valence-electron chi connectivity index (χ2n) is 8.79. The maximum absolute atomic E-state index is 12.1. The van der Waals surface area contributed by atoms with E-state index in [4.69, 9.17) is 16.6 Å². The van der Waals surface area contributed by atoms with E-state index in [1.807, 2.05) is 45.3 Å². The molecule has 3 rings (SSSR count). The van der Waals surface area contributed by atoms with Crippen LogP contribution in [0.4, 0.5) is 0 Å². The van der Waals surface area contributed by atoms with Crippen LogP contribution in [0, 0.1) is 12.3 Å². The molecule has 2 amide bonds. The quantitative estimate of drug-likeness (QED) is 0.537. The molecule has 1 aromatic carbocycles. The summed E-state index contributed by atoms with van der Waals surface area (Å²) in [5.74, 6) is -1.92. The number of hydrogen-bond donors (Lipinski definition) is 4. The maximum atomic E-state index is 12.1. The van der Waals surface area contributed by atoms with E-state index < -0.39 is 41.4 Å². The van der Waals surface area contributed by atoms with Gasteiger partial charge in [0.15, 0.2) is 0 Å². The van der Waals surface area contributed by atoms with Crippen molar-refractivity contribution >= 4 is 29.1 Å². The highest BCUT2D eigenvalue weighted by atomic mass is 32.1. The summed E-state index contributed by atoms with van der Waals surface area (Å²) in [6, 6.07) is 5.51. The number of carboxylic acids is 1. The number of carbonyl (C=O) groups excluding carboxylic acids is 2. The minimum absolute atomic E-state index is 0.0413. The lowest BCUT2D eigenvalue weighted by Crippen LogP contribution is -2.53. The third-order valence-corrected chi connectivity index (χ3v) is 6.20. The lowest BCUT2D eigenvalue weighted by molar-refractivity contribution is -0.149. The summed E-state index contributed by atoms with van der Waals surface area (Å²) < 4.78 is 0. The molecule has 0 radical (unpaired) electrons. The van der Waals surface area contributed by atoms with Gasteiger partial charge in [0.05, 0.1) is 28.2 Å². The van der Waals surface area contributed by atoms with E-state index >= 15 is 0 Å². The first kappa shape index (κ1) is 25.4. The maximum Gasteiger partial charge on any atom is 0.326 e. The van der Waals surface area contributed by atoms with Crippen LogP contribution in [0.15, 0.2) is 29.8 Å². The highest BCUT2D eigenvalue weighted by molar-refractivity contribution is 7.13. The van der Waals surface area contributed by atoms with Gasteiger partial charge in [-0.15, -0.1) is 11.3 Å². The summed E-state index contributed by atoms with van der Waals surface area (Å²) in [6.45, 7) is 7.46. The molecule has 6 N–H and O–H groups in total. The van der Waals surface area contributed by atoms with Crippen molar-refractivity contribution in [1.82, 2.24) is 9.88 Å². The third-order valence-electron chi connectivity index (χ3n) is 5.22. The fourth-order valence-electron chi connectivity index (χ4n) is 3.21. The molecule has 174 valence electrons. The van der Waals surface area contributed by atoms with Crippen molar-refractivity contribution in [1.29, 1.82) is 0 Å². The summed E-state index contributed by atoms with van der Waals surface area (Å²) in [5, 5.41) is 18.4. The van der Waals surface area contributed by atoms with Crippen molar-refractivity contribution in [3.8, 4) is 10.4 Å². The number of carboxylic acid groups (broad SMARTS) is 1. The minimum atomic E-state index is -1.10. The standard InChI is InChI=1S/C11H20N2O4.C11H10N2OS/c1-11(2,3)8(12)9(15)13-5-6(14)4-7(13)10(16)17;1-7-10(15-6-13-7)8-2-4-9(5-3-8)11(12)14/h6-8,14H,4-5,12H2,1-3H3,(H,16,17);2-6H,1H3,(H2,12,14)/t6-,7-,8?;/m0./s1. The molecule has 3 atom stereocenters. The first-order valence-electron chi connectivity index (χ1n) is 10.1. The Bertz CT molecular complexity index is 967. The predicted molar refractivity (Wildman–Crippen MR) is 122 cm³/mol. The number of aliphatic hydroxyl groups excluding tert-OH is 1. The van der Waals surface area contributed by atoms with Gasteiger partial charge in [-0.05, 0) is 30.0 Å². The Hall–Kier alpha value is -2.82. The van der Waals surface area contributed by atoms with Crippen LogP contribution < -0.4 is 11.5 Å². The van der Waals surface area contributed by atoms with E-state index in [1.165, 1.54) is 4.90 Å². The van der Waals surface area contributed by atoms with Crippen molar-refractivity contribution in [2.24, 2.45) is 16.9 Å². The molecular formula is C22H30N4O5S. The van der Waals surface area contributed by atoms with Crippen LogP contribution in [0.25, 0.3) is 10.4 Å². The van der Waals surface area contributed by atoms with Crippen LogP contribution in [-0.4, -0.2) is 62.6 Å². The van der Waals surface area contributed by atoms with Gasteiger partial charge in [0.2, 0.25) is 11.8 Å². The second kappa shape index (κ2) is 10.2. The lowest BCUT2D eigenvalue weighted by Gasteiger charge is -2.31. The first-order valence-corrected chi connectivity index (χ1v) is 11.0. The molecule has 1 unspecified atom stereocenters. The van der Waals surface area contributed by atoms with Crippen LogP contribution in [0.3, 0.4) is 0 Å². The number of likely N-dealkylation sites (tertiary alicyclic amines) is 1. The number of aliphatic hydroxyl groups is 1. The van der Waals surface area contributed by atoms with E-state index in [9.17, 15) is 19.5 Å². The van der Waals surface area contributed by atoms with Gasteiger partial charge in [0, 0.05) is 18.5 Å². The number of hydrogen-bond acceptors (Lipinski definition) is 7. The number of aliphatic carboxylic acids is 1. The Kier molecular flexibility index (Phi) is 8.11. The number of carbonyl (C=O) groups is 3. The number of benzene rings is 1. The Morgan fingerprint density at radius 3 is 2.25 bits per heavy atom. The number of aryl methyl sites for hydroxylation is 1. The zero-order valence-corrected chi connectivity index (χ0v) is 19.4. The van der Waals surface area contributed by atoms with Crippen molar-refractivity contribution in [2.75, 3.05) is 6.54 Å². The van der Waals surface area contributed by atoms with Crippen LogP contribution >= 0.6 is 11.3 Å². The van der Waals surface area contributed by atoms with E-state index in [1.54, 1.807) is 23.5 Å². The number of β-amino-alcohol motifs (C(OH)–C–C–N with tert-alkyl or cyclic N) is 1. The van der Waals surface area contributed by atoms with Gasteiger partial charge in [-0.3, -0.25) is 9.59 Å². The molecule has 1 aliphatic rings. The molecule has 0 spiro atoms. The topological polar surface area (TPSA) is 160 Å². The van der Waals surface area contributed by atoms with Gasteiger partial charge < -0.3 is 26.6 Å². The van der Waals surface area contributed by atoms with E-state index in [-0.39, 0.29) is 13.0 Å². The number of nitrogens with two attached hydrogens (primary N) is 2. The number of primary amides is 1. The number of aromatic nitrogens is 1. The van der Waals surface area contributed by atoms with E-state index in [0.29, 0.717) is 5.56 Å². The molecule has 0 aliphatic carbocycles. The van der Waals surface area contributed by atoms with Crippen molar-refractivity contribution in [3.05, 3.63) is 41.0 Å². The van der Waals surface area contributed by atoms with Gasteiger partial charge in [-0.25, -0.2) is 9.78 Å². The van der Waals surface area contributed by atoms with Gasteiger partial charge in [0.25, 0.3) is 0 Å². The first-order chi connectivity index (χ1) is 14.8. The molecule has 2 heterocycles. The fourth-order valence-corrected chi connectivity index (χ4v) is 4.02. The molecule has 1 aromatic heterocycles. The highest BCUT2D eigenvalue weighted by Crippen LogP contribution is 2.27. The van der Waals surface area contributed by atoms with Gasteiger partial charge in [0.1, 0.15) is 6.04 Å². The normalized spacial score (nSPS) is 19.1. The average molecular weight is 463 g/mol. The average Bonchev–Trinajstić information content (AvgIpc) is 3.32. The molecule has 0 saturated carbocycles. The second-order valence-corrected chi connectivity index (χ2v) is 9.64. The number of thiazole rings is 1. The molecule has 9 nitrogen and oxygen atoms in total. The smallest absolute Gasteiger partial charge is 0.326 e. The van der Waals surface area contributed by atoms with Crippen LogP contribution in [0.1, 0.15) is 43.2 Å². The molecule has 1 fully saturated rings. The summed E-state index contributed by atoms with van der Waals surface area (Å²) in [6.07, 6.45) is -0.718. The number of rotatable bonds is 4. The Labute approximate surface area is 191 Å². The highest BCUT2D eigenvalue weighted by Gasteiger charge is 2.42. The summed E-state index contributed by atoms with van der Waals surface area (Å²) in [7, 11) is 0. The Morgan fingerprint density at radius 2 is 1.81 bits per heavy atom. The van der Waals surface area contributed by atoms with Gasteiger partial charge >= 0.3 is 5.97 Å². The van der Waals surface area contributed by atoms with Crippen LogP contribution in [0.2, 0.25) is 0 Å². The van der Waals surface area contributed by atoms with E-state index in [2.05, 4.69) is 4.98 Å². The van der Waals surface area contributed by atoms with E-state index in [0.717, 1.165) is 16.1 Å². The zero-order valence-electron chi connectivity index (χ0n) is 18.6. The molecule has 32 heavy (non-hydrogen) atoms. The minimum Gasteiger partial charge on any atom is -0.480 e. The lowest BCUT2D eigenvalue weighted by atomic mass is 9.86. The molecule has 1 saturated heterocycles. The van der Waals surface area contributed by atoms with Crippen LogP contribution in [-0.2, 0) is 9.59 Å². The SMILES string of the molecule is CC(C)(C)C(N)C(=O)N1C[C@@H](O)C[C@H]1C(=O)O.Cc1ncsc1-c1ccc(C(N)=O)cc1. The Balaban J connectivity index is 0.000000228. The van der Waals surface area contributed by atoms with Crippen LogP contribution in [0.5, 0.6) is 0 Å². The van der Waals surface area contributed by atoms with Crippen molar-refractivity contribution in [2.45, 2.75) is 52.3 Å². The third kappa shape index (κ3) is 6.12. The summed E-state index contributed by atoms with van der Waals surface area (Å²) >= 11 is 1.59. The number of nitrogens with zero attached hydrogens (tertiary/aromatic N) is 2. The molecular weight excluding hydrogens is 432 g/mol.